The Kier molecular flexibility index (Phi) is 7.41. The maximum Gasteiger partial charge on any atom is 0.414 e. The van der Waals surface area contributed by atoms with Crippen molar-refractivity contribution in [1.82, 2.24) is 5.32 Å². The topological polar surface area (TPSA) is 77.1 Å². The van der Waals surface area contributed by atoms with Crippen LogP contribution in [0.25, 0.3) is 0 Å². The van der Waals surface area contributed by atoms with Gasteiger partial charge in [0.1, 0.15) is 0 Å². The first-order chi connectivity index (χ1) is 14.5. The first-order valence-electron chi connectivity index (χ1n) is 9.94. The fraction of sp³-hybridized carbons (Fsp3) is 0.364. The fourth-order valence-corrected chi connectivity index (χ4v) is 3.24. The lowest BCUT2D eigenvalue weighted by atomic mass is 10.1. The second kappa shape index (κ2) is 10.2. The van der Waals surface area contributed by atoms with Crippen LogP contribution in [0.1, 0.15) is 42.6 Å². The molecule has 3 rings (SSSR count). The Morgan fingerprint density at radius 3 is 2.70 bits per heavy atom. The number of carbonyl (C=O) groups excluding carboxylic acids is 2. The van der Waals surface area contributed by atoms with Gasteiger partial charge >= 0.3 is 6.09 Å². The molecule has 7 nitrogen and oxygen atoms in total. The van der Waals surface area contributed by atoms with Crippen LogP contribution in [-0.2, 0) is 11.3 Å². The molecule has 1 aliphatic heterocycles. The Labute approximate surface area is 180 Å². The lowest BCUT2D eigenvalue weighted by Crippen LogP contribution is -2.33. The van der Waals surface area contributed by atoms with Crippen molar-refractivity contribution in [2.24, 2.45) is 0 Å². The van der Waals surface area contributed by atoms with E-state index < -0.39 is 6.09 Å². The highest BCUT2D eigenvalue weighted by molar-refractivity contribution is 6.34. The number of rotatable bonds is 8. The van der Waals surface area contributed by atoms with E-state index in [0.717, 1.165) is 18.4 Å². The zero-order valence-electron chi connectivity index (χ0n) is 17.1. The lowest BCUT2D eigenvalue weighted by Gasteiger charge is -2.23. The molecule has 2 aromatic carbocycles. The van der Waals surface area contributed by atoms with Crippen LogP contribution in [0.15, 0.2) is 36.4 Å². The van der Waals surface area contributed by atoms with Gasteiger partial charge in [-0.15, -0.1) is 0 Å². The molecule has 0 fully saturated rings. The highest BCUT2D eigenvalue weighted by Crippen LogP contribution is 2.32. The molecule has 0 aromatic heterocycles. The minimum absolute atomic E-state index is 0.202. The Hall–Kier alpha value is -2.93. The predicted molar refractivity (Wildman–Crippen MR) is 114 cm³/mol. The third-order valence-electron chi connectivity index (χ3n) is 4.61. The second-order valence-corrected chi connectivity index (χ2v) is 7.15. The summed E-state index contributed by atoms with van der Waals surface area (Å²) >= 11 is 6.34. The first kappa shape index (κ1) is 21.8. The van der Waals surface area contributed by atoms with Crippen molar-refractivity contribution < 1.29 is 23.8 Å². The largest absolute Gasteiger partial charge is 0.454 e. The zero-order valence-corrected chi connectivity index (χ0v) is 17.8. The number of hydrogen-bond donors (Lipinski definition) is 1. The van der Waals surface area contributed by atoms with Crippen molar-refractivity contribution in [2.75, 3.05) is 24.8 Å². The summed E-state index contributed by atoms with van der Waals surface area (Å²) in [7, 11) is 0. The molecule has 1 aliphatic rings. The van der Waals surface area contributed by atoms with Gasteiger partial charge in [-0.1, -0.05) is 31.0 Å². The van der Waals surface area contributed by atoms with Gasteiger partial charge in [-0.25, -0.2) is 4.79 Å². The van der Waals surface area contributed by atoms with E-state index in [9.17, 15) is 9.59 Å². The quantitative estimate of drug-likeness (QED) is 0.650. The van der Waals surface area contributed by atoms with Gasteiger partial charge in [-0.2, -0.15) is 0 Å². The number of nitrogens with one attached hydrogen (secondary N) is 1. The first-order valence-corrected chi connectivity index (χ1v) is 10.3. The van der Waals surface area contributed by atoms with Crippen LogP contribution in [0.2, 0.25) is 5.02 Å². The molecule has 30 heavy (non-hydrogen) atoms. The third kappa shape index (κ3) is 5.16. The van der Waals surface area contributed by atoms with Crippen molar-refractivity contribution >= 4 is 29.3 Å². The standard InChI is InChI=1S/C22H25ClN2O5/c1-3-5-10-25(22(27)28-4-2)18-12-16(7-8-17(18)23)21(26)24-13-15-6-9-19-20(11-15)30-14-29-19/h6-9,11-12H,3-5,10,13-14H2,1-2H3,(H,24,26). The molecule has 0 radical (unpaired) electrons. The van der Waals surface area contributed by atoms with Crippen molar-refractivity contribution in [3.8, 4) is 11.5 Å². The summed E-state index contributed by atoms with van der Waals surface area (Å²) < 4.78 is 15.8. The van der Waals surface area contributed by atoms with Crippen LogP contribution in [0.3, 0.4) is 0 Å². The molecule has 0 unspecified atom stereocenters. The SMILES string of the molecule is CCCCN(C(=O)OCC)c1cc(C(=O)NCc2ccc3c(c2)OCO3)ccc1Cl. The zero-order chi connectivity index (χ0) is 21.5. The number of carbonyl (C=O) groups is 2. The predicted octanol–water partition coefficient (Wildman–Crippen LogP) is 4.76. The number of amides is 2. The van der Waals surface area contributed by atoms with Gasteiger partial charge in [0.25, 0.3) is 5.91 Å². The summed E-state index contributed by atoms with van der Waals surface area (Å²) in [4.78, 5) is 26.6. The van der Waals surface area contributed by atoms with Crippen LogP contribution < -0.4 is 19.7 Å². The summed E-state index contributed by atoms with van der Waals surface area (Å²) in [5, 5.41) is 3.26. The maximum atomic E-state index is 12.7. The number of halogens is 1. The van der Waals surface area contributed by atoms with Gasteiger partial charge in [0, 0.05) is 18.7 Å². The Balaban J connectivity index is 1.73. The van der Waals surface area contributed by atoms with E-state index in [1.807, 2.05) is 25.1 Å². The van der Waals surface area contributed by atoms with Crippen molar-refractivity contribution in [1.29, 1.82) is 0 Å². The van der Waals surface area contributed by atoms with Crippen molar-refractivity contribution in [3.63, 3.8) is 0 Å². The maximum absolute atomic E-state index is 12.7. The van der Waals surface area contributed by atoms with E-state index in [1.165, 1.54) is 4.90 Å². The summed E-state index contributed by atoms with van der Waals surface area (Å²) in [6.45, 7) is 5.02. The number of hydrogen-bond acceptors (Lipinski definition) is 5. The summed E-state index contributed by atoms with van der Waals surface area (Å²) in [6.07, 6.45) is 1.21. The smallest absolute Gasteiger partial charge is 0.414 e. The van der Waals surface area contributed by atoms with E-state index >= 15 is 0 Å². The van der Waals surface area contributed by atoms with Crippen LogP contribution in [-0.4, -0.2) is 31.9 Å². The molecule has 2 aromatic rings. The van der Waals surface area contributed by atoms with E-state index in [2.05, 4.69) is 5.32 Å². The molecule has 0 saturated heterocycles. The molecule has 0 bridgehead atoms. The van der Waals surface area contributed by atoms with Gasteiger partial charge in [0.15, 0.2) is 11.5 Å². The van der Waals surface area contributed by atoms with E-state index in [4.69, 9.17) is 25.8 Å². The van der Waals surface area contributed by atoms with Crippen LogP contribution >= 0.6 is 11.6 Å². The van der Waals surface area contributed by atoms with E-state index in [1.54, 1.807) is 25.1 Å². The average molecular weight is 433 g/mol. The molecule has 2 amide bonds. The van der Waals surface area contributed by atoms with E-state index in [-0.39, 0.29) is 19.3 Å². The molecular weight excluding hydrogens is 408 g/mol. The summed E-state index contributed by atoms with van der Waals surface area (Å²) in [5.41, 5.74) is 1.75. The van der Waals surface area contributed by atoms with Gasteiger partial charge < -0.3 is 19.5 Å². The van der Waals surface area contributed by atoms with Crippen LogP contribution in [0.5, 0.6) is 11.5 Å². The van der Waals surface area contributed by atoms with Crippen LogP contribution in [0, 0.1) is 0 Å². The van der Waals surface area contributed by atoms with Crippen molar-refractivity contribution in [2.45, 2.75) is 33.2 Å². The molecule has 1 N–H and O–H groups in total. The van der Waals surface area contributed by atoms with Gasteiger partial charge in [0.05, 0.1) is 17.3 Å². The monoisotopic (exact) mass is 432 g/mol. The van der Waals surface area contributed by atoms with Crippen LogP contribution in [0.4, 0.5) is 10.5 Å². The highest BCUT2D eigenvalue weighted by Gasteiger charge is 2.21. The number of fused-ring (bicyclic) bond motifs is 1. The average Bonchev–Trinajstić information content (AvgIpc) is 3.21. The second-order valence-electron chi connectivity index (χ2n) is 6.74. The fourth-order valence-electron chi connectivity index (χ4n) is 3.02. The molecule has 8 heteroatoms. The molecule has 0 atom stereocenters. The lowest BCUT2D eigenvalue weighted by molar-refractivity contribution is 0.0950. The van der Waals surface area contributed by atoms with Gasteiger partial charge in [-0.05, 0) is 49.2 Å². The Morgan fingerprint density at radius 2 is 1.93 bits per heavy atom. The van der Waals surface area contributed by atoms with Gasteiger partial charge in [-0.3, -0.25) is 9.69 Å². The number of unbranched alkanes of at least 4 members (excludes halogenated alkanes) is 1. The van der Waals surface area contributed by atoms with Crippen molar-refractivity contribution in [3.05, 3.63) is 52.5 Å². The number of benzene rings is 2. The third-order valence-corrected chi connectivity index (χ3v) is 4.93. The Bertz CT molecular complexity index is 918. The molecule has 0 saturated carbocycles. The van der Waals surface area contributed by atoms with Gasteiger partial charge in [0.2, 0.25) is 6.79 Å². The molecule has 0 aliphatic carbocycles. The molecule has 1 heterocycles. The molecular formula is C22H25ClN2O5. The summed E-state index contributed by atoms with van der Waals surface area (Å²) in [6, 6.07) is 10.4. The molecule has 0 spiro atoms. The minimum atomic E-state index is -0.481. The normalized spacial score (nSPS) is 11.8. The summed E-state index contributed by atoms with van der Waals surface area (Å²) in [5.74, 6) is 1.08. The molecule has 160 valence electrons. The highest BCUT2D eigenvalue weighted by atomic mass is 35.5. The minimum Gasteiger partial charge on any atom is -0.454 e. The number of ether oxygens (including phenoxy) is 3. The van der Waals surface area contributed by atoms with E-state index in [0.29, 0.717) is 40.9 Å². The number of nitrogens with zero attached hydrogens (tertiary/aromatic N) is 1. The Morgan fingerprint density at radius 1 is 1.13 bits per heavy atom. The number of anilines is 1.